The summed E-state index contributed by atoms with van der Waals surface area (Å²) in [6, 6.07) is 17.6. The van der Waals surface area contributed by atoms with Gasteiger partial charge in [0.15, 0.2) is 0 Å². The van der Waals surface area contributed by atoms with Crippen LogP contribution in [-0.2, 0) is 0 Å². The molecule has 0 aliphatic heterocycles. The zero-order valence-electron chi connectivity index (χ0n) is 15.5. The van der Waals surface area contributed by atoms with E-state index in [0.29, 0.717) is 16.5 Å². The van der Waals surface area contributed by atoms with Crippen LogP contribution < -0.4 is 5.32 Å². The Balaban J connectivity index is 1.77. The van der Waals surface area contributed by atoms with Gasteiger partial charge in [-0.3, -0.25) is 9.78 Å². The van der Waals surface area contributed by atoms with Crippen LogP contribution in [0.25, 0.3) is 32.8 Å². The molecule has 0 saturated heterocycles. The number of amides is 1. The van der Waals surface area contributed by atoms with Crippen LogP contribution in [0.4, 0.5) is 4.39 Å². The molecular weight excluding hydrogens is 371 g/mol. The van der Waals surface area contributed by atoms with Crippen LogP contribution in [0.1, 0.15) is 10.4 Å². The summed E-state index contributed by atoms with van der Waals surface area (Å²) >= 11 is 0. The fourth-order valence-electron chi connectivity index (χ4n) is 3.39. The molecule has 0 saturated carbocycles. The molecule has 5 nitrogen and oxygen atoms in total. The molecule has 6 heteroatoms. The van der Waals surface area contributed by atoms with Crippen molar-refractivity contribution in [2.75, 3.05) is 13.2 Å². The van der Waals surface area contributed by atoms with E-state index in [1.165, 1.54) is 6.07 Å². The summed E-state index contributed by atoms with van der Waals surface area (Å²) in [5, 5.41) is 23.1. The summed E-state index contributed by atoms with van der Waals surface area (Å²) in [5.74, 6) is -0.653. The minimum atomic E-state index is -0.995. The maximum Gasteiger partial charge on any atom is 0.251 e. The van der Waals surface area contributed by atoms with E-state index >= 15 is 0 Å². The van der Waals surface area contributed by atoms with Crippen LogP contribution in [0.3, 0.4) is 0 Å². The van der Waals surface area contributed by atoms with Crippen LogP contribution in [-0.4, -0.2) is 40.4 Å². The molecule has 0 aliphatic carbocycles. The standard InChI is InChI=1S/C23H19FN2O3/c24-21-9-8-19(22-20(21)5-2-10-25-22)18-4-1-3-14-11-15(6-7-17(14)18)23(29)26-12-16(28)13-27/h1-11,16,27-28H,12-13H2,(H,26,29)/t16-/m0/s1. The van der Waals surface area contributed by atoms with Gasteiger partial charge in [-0.05, 0) is 52.7 Å². The van der Waals surface area contributed by atoms with E-state index in [1.54, 1.807) is 36.5 Å². The fourth-order valence-corrected chi connectivity index (χ4v) is 3.39. The SMILES string of the molecule is O=C(NC[C@H](O)CO)c1ccc2c(-c3ccc(F)c4cccnc34)cccc2c1. The first-order chi connectivity index (χ1) is 14.1. The zero-order chi connectivity index (χ0) is 20.4. The number of halogens is 1. The highest BCUT2D eigenvalue weighted by Crippen LogP contribution is 2.34. The van der Waals surface area contributed by atoms with Crippen molar-refractivity contribution in [3.63, 3.8) is 0 Å². The molecule has 4 aromatic rings. The van der Waals surface area contributed by atoms with Gasteiger partial charge >= 0.3 is 0 Å². The lowest BCUT2D eigenvalue weighted by Gasteiger charge is -2.12. The number of carbonyl (C=O) groups is 1. The van der Waals surface area contributed by atoms with Crippen LogP contribution >= 0.6 is 0 Å². The molecule has 1 heterocycles. The Kier molecular flexibility index (Phi) is 5.20. The van der Waals surface area contributed by atoms with Crippen molar-refractivity contribution < 1.29 is 19.4 Å². The summed E-state index contributed by atoms with van der Waals surface area (Å²) in [4.78, 5) is 16.7. The van der Waals surface area contributed by atoms with Crippen molar-refractivity contribution in [2.24, 2.45) is 0 Å². The first-order valence-corrected chi connectivity index (χ1v) is 9.22. The summed E-state index contributed by atoms with van der Waals surface area (Å²) < 4.78 is 14.2. The van der Waals surface area contributed by atoms with Gasteiger partial charge in [0.25, 0.3) is 5.91 Å². The molecule has 0 spiro atoms. The number of rotatable bonds is 5. The highest BCUT2D eigenvalue weighted by Gasteiger charge is 2.13. The second-order valence-corrected chi connectivity index (χ2v) is 6.78. The molecular formula is C23H19FN2O3. The predicted octanol–water partition coefficient (Wildman–Crippen LogP) is 3.28. The summed E-state index contributed by atoms with van der Waals surface area (Å²) in [6.45, 7) is -0.443. The Morgan fingerprint density at radius 1 is 1.03 bits per heavy atom. The lowest BCUT2D eigenvalue weighted by Crippen LogP contribution is -2.33. The Labute approximate surface area is 166 Å². The Bertz CT molecular complexity index is 1210. The number of nitrogens with one attached hydrogen (secondary N) is 1. The van der Waals surface area contributed by atoms with Crippen LogP contribution in [0, 0.1) is 5.82 Å². The largest absolute Gasteiger partial charge is 0.394 e. The minimum Gasteiger partial charge on any atom is -0.394 e. The normalized spacial score (nSPS) is 12.2. The quantitative estimate of drug-likeness (QED) is 0.488. The number of aliphatic hydroxyl groups excluding tert-OH is 2. The molecule has 0 fully saturated rings. The molecule has 0 unspecified atom stereocenters. The number of benzene rings is 3. The van der Waals surface area contributed by atoms with Crippen LogP contribution in [0.2, 0.25) is 0 Å². The second kappa shape index (κ2) is 7.95. The number of carbonyl (C=O) groups excluding carboxylic acids is 1. The van der Waals surface area contributed by atoms with E-state index < -0.39 is 12.7 Å². The second-order valence-electron chi connectivity index (χ2n) is 6.78. The number of fused-ring (bicyclic) bond motifs is 2. The molecule has 4 rings (SSSR count). The number of aliphatic hydroxyl groups is 2. The highest BCUT2D eigenvalue weighted by molar-refractivity contribution is 6.06. The fraction of sp³-hybridized carbons (Fsp3) is 0.130. The van der Waals surface area contributed by atoms with E-state index in [4.69, 9.17) is 5.11 Å². The Morgan fingerprint density at radius 3 is 2.72 bits per heavy atom. The van der Waals surface area contributed by atoms with Crippen molar-refractivity contribution in [2.45, 2.75) is 6.10 Å². The number of pyridine rings is 1. The average Bonchev–Trinajstić information content (AvgIpc) is 2.77. The van der Waals surface area contributed by atoms with E-state index in [2.05, 4.69) is 10.3 Å². The van der Waals surface area contributed by atoms with Gasteiger partial charge in [-0.15, -0.1) is 0 Å². The van der Waals surface area contributed by atoms with Crippen LogP contribution in [0.5, 0.6) is 0 Å². The van der Waals surface area contributed by atoms with E-state index in [-0.39, 0.29) is 18.3 Å². The Hall–Kier alpha value is -3.35. The van der Waals surface area contributed by atoms with E-state index in [9.17, 15) is 14.3 Å². The summed E-state index contributed by atoms with van der Waals surface area (Å²) in [5.41, 5.74) is 2.74. The molecule has 0 radical (unpaired) electrons. The van der Waals surface area contributed by atoms with Crippen LogP contribution in [0.15, 0.2) is 66.9 Å². The van der Waals surface area contributed by atoms with Crippen molar-refractivity contribution in [1.29, 1.82) is 0 Å². The summed E-state index contributed by atoms with van der Waals surface area (Å²) in [6.07, 6.45) is 0.643. The Morgan fingerprint density at radius 2 is 1.90 bits per heavy atom. The number of hydrogen-bond donors (Lipinski definition) is 3. The van der Waals surface area contributed by atoms with E-state index in [0.717, 1.165) is 21.9 Å². The maximum atomic E-state index is 14.2. The monoisotopic (exact) mass is 390 g/mol. The van der Waals surface area contributed by atoms with Gasteiger partial charge in [-0.25, -0.2) is 4.39 Å². The van der Waals surface area contributed by atoms with Gasteiger partial charge < -0.3 is 15.5 Å². The smallest absolute Gasteiger partial charge is 0.251 e. The molecule has 1 atom stereocenters. The third kappa shape index (κ3) is 3.68. The first-order valence-electron chi connectivity index (χ1n) is 9.22. The lowest BCUT2D eigenvalue weighted by atomic mass is 9.95. The van der Waals surface area contributed by atoms with Crippen molar-refractivity contribution in [1.82, 2.24) is 10.3 Å². The van der Waals surface area contributed by atoms with Crippen molar-refractivity contribution >= 4 is 27.6 Å². The molecule has 0 aliphatic rings. The average molecular weight is 390 g/mol. The van der Waals surface area contributed by atoms with Gasteiger partial charge in [0.2, 0.25) is 0 Å². The minimum absolute atomic E-state index is 0.0271. The van der Waals surface area contributed by atoms with Gasteiger partial charge in [-0.1, -0.05) is 24.3 Å². The van der Waals surface area contributed by atoms with E-state index in [1.807, 2.05) is 24.3 Å². The number of hydrogen-bond acceptors (Lipinski definition) is 4. The third-order valence-electron chi connectivity index (χ3n) is 4.86. The lowest BCUT2D eigenvalue weighted by molar-refractivity contribution is 0.0802. The molecule has 3 N–H and O–H groups in total. The molecule has 0 bridgehead atoms. The highest BCUT2D eigenvalue weighted by atomic mass is 19.1. The molecule has 1 amide bonds. The molecule has 146 valence electrons. The summed E-state index contributed by atoms with van der Waals surface area (Å²) in [7, 11) is 0. The number of nitrogens with zero attached hydrogens (tertiary/aromatic N) is 1. The molecule has 3 aromatic carbocycles. The first kappa shape index (κ1) is 19.0. The van der Waals surface area contributed by atoms with Crippen molar-refractivity contribution in [3.8, 4) is 11.1 Å². The zero-order valence-corrected chi connectivity index (χ0v) is 15.5. The third-order valence-corrected chi connectivity index (χ3v) is 4.86. The predicted molar refractivity (Wildman–Crippen MR) is 110 cm³/mol. The van der Waals surface area contributed by atoms with Crippen molar-refractivity contribution in [3.05, 3.63) is 78.2 Å². The van der Waals surface area contributed by atoms with Gasteiger partial charge in [0.1, 0.15) is 5.82 Å². The van der Waals surface area contributed by atoms with Gasteiger partial charge in [0.05, 0.1) is 18.2 Å². The maximum absolute atomic E-state index is 14.2. The molecule has 1 aromatic heterocycles. The van der Waals surface area contributed by atoms with Gasteiger partial charge in [0, 0.05) is 29.3 Å². The number of aromatic nitrogens is 1. The topological polar surface area (TPSA) is 82.5 Å². The molecule has 29 heavy (non-hydrogen) atoms. The van der Waals surface area contributed by atoms with Gasteiger partial charge in [-0.2, -0.15) is 0 Å².